The molecule has 0 radical (unpaired) electrons. The maximum Gasteiger partial charge on any atom is 0.408 e. The van der Waals surface area contributed by atoms with Crippen LogP contribution in [0.4, 0.5) is 19.3 Å². The Morgan fingerprint density at radius 1 is 1.43 bits per heavy atom. The Bertz CT molecular complexity index is 656. The van der Waals surface area contributed by atoms with Crippen LogP contribution in [0.5, 0.6) is 5.75 Å². The van der Waals surface area contributed by atoms with Crippen molar-refractivity contribution in [2.45, 2.75) is 39.3 Å². The Morgan fingerprint density at radius 3 is 2.70 bits per heavy atom. The van der Waals surface area contributed by atoms with Gasteiger partial charge in [-0.05, 0) is 27.7 Å². The molecule has 0 saturated heterocycles. The summed E-state index contributed by atoms with van der Waals surface area (Å²) in [7, 11) is 0. The third-order valence-corrected chi connectivity index (χ3v) is 3.07. The van der Waals surface area contributed by atoms with Crippen molar-refractivity contribution >= 4 is 17.7 Å². The van der Waals surface area contributed by atoms with E-state index in [1.54, 1.807) is 20.8 Å². The molecule has 8 heteroatoms. The molecule has 1 aliphatic heterocycles. The number of halogens is 2. The zero-order valence-corrected chi connectivity index (χ0v) is 13.3. The van der Waals surface area contributed by atoms with Gasteiger partial charge in [-0.15, -0.1) is 0 Å². The lowest BCUT2D eigenvalue weighted by molar-refractivity contribution is -0.118. The highest BCUT2D eigenvalue weighted by Gasteiger charge is 2.30. The number of carbonyl (C=O) groups is 2. The Hall–Kier alpha value is -2.38. The maximum atomic E-state index is 14.1. The van der Waals surface area contributed by atoms with Gasteiger partial charge in [-0.2, -0.15) is 0 Å². The van der Waals surface area contributed by atoms with Gasteiger partial charge >= 0.3 is 6.09 Å². The Labute approximate surface area is 132 Å². The van der Waals surface area contributed by atoms with E-state index in [9.17, 15) is 18.4 Å². The molecule has 2 amide bonds. The topological polar surface area (TPSA) is 76.7 Å². The number of anilines is 1. The van der Waals surface area contributed by atoms with Crippen LogP contribution in [0.25, 0.3) is 0 Å². The van der Waals surface area contributed by atoms with Crippen LogP contribution in [-0.2, 0) is 9.53 Å². The van der Waals surface area contributed by atoms with Crippen LogP contribution in [0.15, 0.2) is 6.07 Å². The molecule has 126 valence electrons. The van der Waals surface area contributed by atoms with Crippen LogP contribution in [0.2, 0.25) is 0 Å². The molecule has 1 atom stereocenters. The summed E-state index contributed by atoms with van der Waals surface area (Å²) in [6, 6.07) is -0.107. The van der Waals surface area contributed by atoms with Crippen LogP contribution < -0.4 is 15.4 Å². The fourth-order valence-electron chi connectivity index (χ4n) is 1.94. The van der Waals surface area contributed by atoms with E-state index in [4.69, 9.17) is 9.47 Å². The number of hydrogen-bond acceptors (Lipinski definition) is 4. The van der Waals surface area contributed by atoms with E-state index in [1.807, 2.05) is 0 Å². The minimum absolute atomic E-state index is 0.132. The quantitative estimate of drug-likeness (QED) is 0.830. The van der Waals surface area contributed by atoms with E-state index < -0.39 is 35.3 Å². The first-order valence-electron chi connectivity index (χ1n) is 7.00. The SMILES string of the molecule is Cc1c(F)cc2c(c1F)NC(=O)[C@@H](NC(=O)OC(C)(C)C)CO2. The van der Waals surface area contributed by atoms with Gasteiger partial charge in [0.15, 0.2) is 5.82 Å². The van der Waals surface area contributed by atoms with E-state index in [0.29, 0.717) is 0 Å². The minimum atomic E-state index is -1.10. The van der Waals surface area contributed by atoms with Gasteiger partial charge < -0.3 is 20.1 Å². The summed E-state index contributed by atoms with van der Waals surface area (Å²) in [5.41, 5.74) is -1.21. The van der Waals surface area contributed by atoms with Crippen molar-refractivity contribution in [2.24, 2.45) is 0 Å². The van der Waals surface area contributed by atoms with Crippen molar-refractivity contribution in [2.75, 3.05) is 11.9 Å². The number of ether oxygens (including phenoxy) is 2. The van der Waals surface area contributed by atoms with Gasteiger partial charge in [0.05, 0.1) is 0 Å². The molecule has 2 N–H and O–H groups in total. The van der Waals surface area contributed by atoms with Gasteiger partial charge in [-0.25, -0.2) is 13.6 Å². The zero-order valence-electron chi connectivity index (χ0n) is 13.3. The van der Waals surface area contributed by atoms with Crippen molar-refractivity contribution in [1.29, 1.82) is 0 Å². The summed E-state index contributed by atoms with van der Waals surface area (Å²) >= 11 is 0. The number of benzene rings is 1. The first kappa shape index (κ1) is 17.0. The summed E-state index contributed by atoms with van der Waals surface area (Å²) < 4.78 is 37.9. The predicted molar refractivity (Wildman–Crippen MR) is 78.4 cm³/mol. The molecule has 1 aromatic carbocycles. The summed E-state index contributed by atoms with van der Waals surface area (Å²) in [4.78, 5) is 23.8. The molecule has 0 fully saturated rings. The van der Waals surface area contributed by atoms with Crippen molar-refractivity contribution in [1.82, 2.24) is 5.32 Å². The van der Waals surface area contributed by atoms with E-state index in [-0.39, 0.29) is 23.6 Å². The average Bonchev–Trinajstić information content (AvgIpc) is 2.55. The largest absolute Gasteiger partial charge is 0.488 e. The zero-order chi connectivity index (χ0) is 17.4. The third-order valence-electron chi connectivity index (χ3n) is 3.07. The van der Waals surface area contributed by atoms with Gasteiger partial charge in [-0.3, -0.25) is 4.79 Å². The molecule has 0 aliphatic carbocycles. The standard InChI is InChI=1S/C15H18F2N2O4/c1-7-8(16)5-10-12(11(7)17)19-13(20)9(6-22-10)18-14(21)23-15(2,3)4/h5,9H,6H2,1-4H3,(H,18,21)(H,19,20)/t9-/m0/s1. The summed E-state index contributed by atoms with van der Waals surface area (Å²) in [5.74, 6) is -2.51. The molecular weight excluding hydrogens is 310 g/mol. The molecule has 0 unspecified atom stereocenters. The van der Waals surface area contributed by atoms with Gasteiger partial charge in [0, 0.05) is 11.6 Å². The second-order valence-electron chi connectivity index (χ2n) is 6.17. The molecule has 1 aromatic rings. The number of nitrogens with one attached hydrogen (secondary N) is 2. The molecule has 0 spiro atoms. The van der Waals surface area contributed by atoms with Crippen molar-refractivity contribution in [3.8, 4) is 5.75 Å². The molecule has 6 nitrogen and oxygen atoms in total. The number of amides is 2. The molecule has 2 rings (SSSR count). The lowest BCUT2D eigenvalue weighted by Crippen LogP contribution is -2.48. The maximum absolute atomic E-state index is 14.1. The normalized spacial score (nSPS) is 17.5. The van der Waals surface area contributed by atoms with Gasteiger partial charge in [0.2, 0.25) is 0 Å². The average molecular weight is 328 g/mol. The van der Waals surface area contributed by atoms with Gasteiger partial charge in [0.25, 0.3) is 5.91 Å². The first-order chi connectivity index (χ1) is 10.6. The van der Waals surface area contributed by atoms with Crippen molar-refractivity contribution < 1.29 is 27.8 Å². The molecule has 1 heterocycles. The van der Waals surface area contributed by atoms with E-state index in [1.165, 1.54) is 6.92 Å². The fraction of sp³-hybridized carbons (Fsp3) is 0.467. The molecule has 0 aromatic heterocycles. The minimum Gasteiger partial charge on any atom is -0.488 e. The molecule has 23 heavy (non-hydrogen) atoms. The highest BCUT2D eigenvalue weighted by Crippen LogP contribution is 2.33. The van der Waals surface area contributed by atoms with E-state index >= 15 is 0 Å². The van der Waals surface area contributed by atoms with Gasteiger partial charge in [0.1, 0.15) is 35.5 Å². The Balaban J connectivity index is 2.17. The van der Waals surface area contributed by atoms with E-state index in [2.05, 4.69) is 10.6 Å². The lowest BCUT2D eigenvalue weighted by atomic mass is 10.1. The van der Waals surface area contributed by atoms with Crippen LogP contribution in [-0.4, -0.2) is 30.3 Å². The fourth-order valence-corrected chi connectivity index (χ4v) is 1.94. The number of rotatable bonds is 1. The number of fused-ring (bicyclic) bond motifs is 1. The van der Waals surface area contributed by atoms with Crippen LogP contribution in [0.1, 0.15) is 26.3 Å². The van der Waals surface area contributed by atoms with Crippen LogP contribution >= 0.6 is 0 Å². The number of carbonyl (C=O) groups excluding carboxylic acids is 2. The lowest BCUT2D eigenvalue weighted by Gasteiger charge is -2.22. The summed E-state index contributed by atoms with van der Waals surface area (Å²) in [6.45, 7) is 5.99. The van der Waals surface area contributed by atoms with E-state index in [0.717, 1.165) is 6.07 Å². The first-order valence-corrected chi connectivity index (χ1v) is 7.00. The Morgan fingerprint density at radius 2 is 2.09 bits per heavy atom. The second-order valence-corrected chi connectivity index (χ2v) is 6.17. The molecule has 1 aliphatic rings. The highest BCUT2D eigenvalue weighted by molar-refractivity contribution is 5.98. The monoisotopic (exact) mass is 328 g/mol. The predicted octanol–water partition coefficient (Wildman–Crippen LogP) is 2.50. The Kier molecular flexibility index (Phi) is 4.44. The molecule has 0 saturated carbocycles. The van der Waals surface area contributed by atoms with Crippen LogP contribution in [0.3, 0.4) is 0 Å². The highest BCUT2D eigenvalue weighted by atomic mass is 19.1. The molecular formula is C15H18F2N2O4. The number of hydrogen-bond donors (Lipinski definition) is 2. The van der Waals surface area contributed by atoms with Crippen molar-refractivity contribution in [3.05, 3.63) is 23.3 Å². The molecule has 0 bridgehead atoms. The van der Waals surface area contributed by atoms with Gasteiger partial charge in [-0.1, -0.05) is 0 Å². The number of alkyl carbamates (subject to hydrolysis) is 1. The van der Waals surface area contributed by atoms with Crippen LogP contribution in [0, 0.1) is 18.6 Å². The smallest absolute Gasteiger partial charge is 0.408 e. The second kappa shape index (κ2) is 6.02. The third kappa shape index (κ3) is 3.88. The van der Waals surface area contributed by atoms with Crippen molar-refractivity contribution in [3.63, 3.8) is 0 Å². The summed E-state index contributed by atoms with van der Waals surface area (Å²) in [6.07, 6.45) is -0.810. The summed E-state index contributed by atoms with van der Waals surface area (Å²) in [5, 5.41) is 4.64.